The maximum atomic E-state index is 6.01. The van der Waals surface area contributed by atoms with Crippen LogP contribution in [-0.2, 0) is 4.18 Å². The maximum Gasteiger partial charge on any atom is 0.127 e. The second-order valence-corrected chi connectivity index (χ2v) is 10.7. The maximum absolute atomic E-state index is 6.01. The van der Waals surface area contributed by atoms with Gasteiger partial charge in [0.15, 0.2) is 0 Å². The van der Waals surface area contributed by atoms with E-state index >= 15 is 0 Å². The summed E-state index contributed by atoms with van der Waals surface area (Å²) < 4.78 is 11.7. The van der Waals surface area contributed by atoms with Crippen LogP contribution in [-0.4, -0.2) is 12.4 Å². The second kappa shape index (κ2) is 10.8. The van der Waals surface area contributed by atoms with E-state index in [0.717, 1.165) is 18.1 Å². The van der Waals surface area contributed by atoms with E-state index in [1.807, 2.05) is 45.3 Å². The quantitative estimate of drug-likeness (QED) is 0.221. The predicted molar refractivity (Wildman–Crippen MR) is 131 cm³/mol. The van der Waals surface area contributed by atoms with E-state index in [0.29, 0.717) is 11.3 Å². The molecule has 0 unspecified atom stereocenters. The van der Waals surface area contributed by atoms with Gasteiger partial charge in [-0.25, -0.2) is 0 Å². The van der Waals surface area contributed by atoms with Crippen LogP contribution in [0.25, 0.3) is 0 Å². The summed E-state index contributed by atoms with van der Waals surface area (Å²) in [6.07, 6.45) is 4.91. The molecule has 2 aromatic rings. The highest BCUT2D eigenvalue weighted by Gasteiger charge is 2.36. The zero-order valence-electron chi connectivity index (χ0n) is 14.4. The van der Waals surface area contributed by atoms with Crippen molar-refractivity contribution in [2.75, 3.05) is 12.4 Å². The molecule has 1 aliphatic rings. The molecule has 0 amide bonds. The van der Waals surface area contributed by atoms with Gasteiger partial charge in [-0.15, -0.1) is 0 Å². The van der Waals surface area contributed by atoms with Crippen LogP contribution in [0.3, 0.4) is 0 Å². The van der Waals surface area contributed by atoms with Gasteiger partial charge in [0.1, 0.15) is 11.5 Å². The van der Waals surface area contributed by atoms with E-state index < -0.39 is 0 Å². The lowest BCUT2D eigenvalue weighted by atomic mass is 9.70. The first-order chi connectivity index (χ1) is 12.7. The van der Waals surface area contributed by atoms with Gasteiger partial charge in [-0.1, -0.05) is 39.3 Å². The van der Waals surface area contributed by atoms with Crippen LogP contribution >= 0.6 is 60.6 Å². The van der Waals surface area contributed by atoms with Crippen LogP contribution < -0.4 is 4.74 Å². The van der Waals surface area contributed by atoms with Crippen LogP contribution in [0.15, 0.2) is 54.6 Å². The van der Waals surface area contributed by atoms with Crippen molar-refractivity contribution in [1.82, 2.24) is 0 Å². The van der Waals surface area contributed by atoms with E-state index in [2.05, 4.69) is 60.6 Å². The normalized spacial score (nSPS) is 22.9. The monoisotopic (exact) mass is 612 g/mol. The SMILES string of the molecule is ISCC1(COSI)CCC(c2cccc(Oc3ccccc3)c2)CC1. The van der Waals surface area contributed by atoms with E-state index in [1.54, 1.807) is 0 Å². The molecule has 6 heteroatoms. The molecule has 0 aliphatic heterocycles. The van der Waals surface area contributed by atoms with E-state index in [9.17, 15) is 0 Å². The van der Waals surface area contributed by atoms with Crippen LogP contribution in [0, 0.1) is 5.41 Å². The molecule has 1 aliphatic carbocycles. The molecule has 0 bridgehead atoms. The van der Waals surface area contributed by atoms with Gasteiger partial charge in [-0.2, -0.15) is 0 Å². The molecule has 0 saturated heterocycles. The van der Waals surface area contributed by atoms with Gasteiger partial charge in [0.2, 0.25) is 0 Å². The summed E-state index contributed by atoms with van der Waals surface area (Å²) in [7, 11) is 3.38. The molecule has 0 atom stereocenters. The van der Waals surface area contributed by atoms with E-state index in [1.165, 1.54) is 46.2 Å². The Labute approximate surface area is 189 Å². The zero-order valence-corrected chi connectivity index (χ0v) is 20.4. The molecule has 0 N–H and O–H groups in total. The fourth-order valence-corrected chi connectivity index (χ4v) is 6.87. The number of halogens is 2. The minimum Gasteiger partial charge on any atom is -0.457 e. The average Bonchev–Trinajstić information content (AvgIpc) is 2.68. The van der Waals surface area contributed by atoms with Gasteiger partial charge < -0.3 is 8.92 Å². The third-order valence-electron chi connectivity index (χ3n) is 5.13. The fraction of sp³-hybridized carbons (Fsp3) is 0.400. The van der Waals surface area contributed by atoms with Crippen LogP contribution in [0.1, 0.15) is 37.2 Å². The van der Waals surface area contributed by atoms with Crippen molar-refractivity contribution in [3.05, 3.63) is 60.2 Å². The van der Waals surface area contributed by atoms with Crippen molar-refractivity contribution in [1.29, 1.82) is 0 Å². The summed E-state index contributed by atoms with van der Waals surface area (Å²) in [6.45, 7) is 0.862. The molecule has 2 nitrogen and oxygen atoms in total. The Morgan fingerprint density at radius 1 is 0.962 bits per heavy atom. The number of hydrogen-bond donors (Lipinski definition) is 0. The van der Waals surface area contributed by atoms with Crippen molar-refractivity contribution in [3.8, 4) is 11.5 Å². The smallest absolute Gasteiger partial charge is 0.127 e. The predicted octanol–water partition coefficient (Wildman–Crippen LogP) is 8.22. The van der Waals surface area contributed by atoms with Crippen molar-refractivity contribution in [2.45, 2.75) is 31.6 Å². The highest BCUT2D eigenvalue weighted by molar-refractivity contribution is 14.2. The Hall–Kier alpha value is 0.360. The highest BCUT2D eigenvalue weighted by atomic mass is 127. The summed E-state index contributed by atoms with van der Waals surface area (Å²) in [5.41, 5.74) is 1.73. The Morgan fingerprint density at radius 3 is 2.38 bits per heavy atom. The topological polar surface area (TPSA) is 18.5 Å². The summed E-state index contributed by atoms with van der Waals surface area (Å²) in [5, 5.41) is 0. The van der Waals surface area contributed by atoms with Crippen LogP contribution in [0.2, 0.25) is 0 Å². The second-order valence-electron chi connectivity index (χ2n) is 6.84. The third kappa shape index (κ3) is 5.93. The number of ether oxygens (including phenoxy) is 1. The molecule has 1 fully saturated rings. The van der Waals surface area contributed by atoms with Crippen molar-refractivity contribution < 1.29 is 8.92 Å². The zero-order chi connectivity index (χ0) is 18.2. The number of benzene rings is 2. The molecule has 0 spiro atoms. The van der Waals surface area contributed by atoms with Gasteiger partial charge in [0, 0.05) is 32.4 Å². The molecule has 0 heterocycles. The lowest BCUT2D eigenvalue weighted by molar-refractivity contribution is 0.129. The Bertz CT molecular complexity index is 677. The van der Waals surface area contributed by atoms with Gasteiger partial charge in [-0.3, -0.25) is 0 Å². The molecule has 0 radical (unpaired) electrons. The minimum absolute atomic E-state index is 0.332. The number of rotatable bonds is 8. The summed E-state index contributed by atoms with van der Waals surface area (Å²) in [5.74, 6) is 3.61. The fourth-order valence-electron chi connectivity index (χ4n) is 3.61. The Balaban J connectivity index is 1.64. The molecule has 3 rings (SSSR count). The lowest BCUT2D eigenvalue weighted by Crippen LogP contribution is -2.33. The minimum atomic E-state index is 0.332. The first kappa shape index (κ1) is 21.1. The molecule has 1 saturated carbocycles. The van der Waals surface area contributed by atoms with Crippen molar-refractivity contribution >= 4 is 60.6 Å². The summed E-state index contributed by atoms with van der Waals surface area (Å²) in [4.78, 5) is 0. The molecular formula is C20H22I2O2S2. The molecule has 26 heavy (non-hydrogen) atoms. The third-order valence-corrected chi connectivity index (χ3v) is 7.75. The standard InChI is InChI=1S/C20H22I2O2S2/c21-25-15-20(14-23-26-22)11-9-16(10-12-20)17-5-4-8-19(13-17)24-18-6-2-1-3-7-18/h1-8,13,16H,9-12,14-15H2. The summed E-state index contributed by atoms with van der Waals surface area (Å²) in [6, 6.07) is 18.6. The van der Waals surface area contributed by atoms with Crippen molar-refractivity contribution in [2.24, 2.45) is 5.41 Å². The van der Waals surface area contributed by atoms with Gasteiger partial charge >= 0.3 is 0 Å². The molecular weight excluding hydrogens is 590 g/mol. The van der Waals surface area contributed by atoms with Crippen molar-refractivity contribution in [3.63, 3.8) is 0 Å². The lowest BCUT2D eigenvalue weighted by Gasteiger charge is -2.39. The van der Waals surface area contributed by atoms with Crippen LogP contribution in [0.5, 0.6) is 11.5 Å². The Kier molecular flexibility index (Phi) is 8.74. The number of hydrogen-bond acceptors (Lipinski definition) is 4. The van der Waals surface area contributed by atoms with E-state index in [-0.39, 0.29) is 0 Å². The van der Waals surface area contributed by atoms with Crippen LogP contribution in [0.4, 0.5) is 0 Å². The van der Waals surface area contributed by atoms with E-state index in [4.69, 9.17) is 8.92 Å². The molecule has 0 aromatic heterocycles. The largest absolute Gasteiger partial charge is 0.457 e. The van der Waals surface area contributed by atoms with Gasteiger partial charge in [0.05, 0.1) is 15.8 Å². The molecule has 2 aromatic carbocycles. The first-order valence-electron chi connectivity index (χ1n) is 8.71. The summed E-state index contributed by atoms with van der Waals surface area (Å²) >= 11 is 4.64. The molecule has 140 valence electrons. The average molecular weight is 612 g/mol. The number of para-hydroxylation sites is 1. The Morgan fingerprint density at radius 2 is 1.69 bits per heavy atom. The van der Waals surface area contributed by atoms with Gasteiger partial charge in [0.25, 0.3) is 0 Å². The van der Waals surface area contributed by atoms with Gasteiger partial charge in [-0.05, 0) is 82.6 Å². The first-order valence-corrected chi connectivity index (χ1v) is 15.5. The highest BCUT2D eigenvalue weighted by Crippen LogP contribution is 2.47.